The fourth-order valence-electron chi connectivity index (χ4n) is 3.93. The molecule has 2 aromatic rings. The van der Waals surface area contributed by atoms with Crippen molar-refractivity contribution < 1.29 is 18.4 Å². The Morgan fingerprint density at radius 1 is 0.938 bits per heavy atom. The Kier molecular flexibility index (Phi) is 7.61. The first-order chi connectivity index (χ1) is 15.1. The van der Waals surface area contributed by atoms with Gasteiger partial charge in [-0.15, -0.1) is 0 Å². The normalized spacial score (nSPS) is 15.3. The van der Waals surface area contributed by atoms with E-state index in [1.807, 2.05) is 31.7 Å². The quantitative estimate of drug-likeness (QED) is 0.703. The molecule has 32 heavy (non-hydrogen) atoms. The molecule has 2 amide bonds. The van der Waals surface area contributed by atoms with Gasteiger partial charge < -0.3 is 9.80 Å². The van der Waals surface area contributed by atoms with Gasteiger partial charge in [-0.1, -0.05) is 18.2 Å². The second kappa shape index (κ2) is 10.2. The number of rotatable bonds is 5. The number of benzene rings is 2. The average Bonchev–Trinajstić information content (AvgIpc) is 2.96. The number of amides is 2. The molecule has 5 nitrogen and oxygen atoms in total. The topological polar surface area (TPSA) is 43.9 Å². The molecule has 1 heterocycles. The summed E-state index contributed by atoms with van der Waals surface area (Å²) in [5.74, 6) is -0.982. The fraction of sp³-hybridized carbons (Fsp3) is 0.440. The third-order valence-electron chi connectivity index (χ3n) is 5.65. The number of halogens is 2. The van der Waals surface area contributed by atoms with Gasteiger partial charge in [-0.05, 0) is 63.1 Å². The van der Waals surface area contributed by atoms with E-state index in [0.717, 1.165) is 12.0 Å². The predicted molar refractivity (Wildman–Crippen MR) is 120 cm³/mol. The molecular weight excluding hydrogens is 412 g/mol. The minimum absolute atomic E-state index is 0.0355. The highest BCUT2D eigenvalue weighted by atomic mass is 19.1. The first-order valence-corrected chi connectivity index (χ1v) is 11.0. The van der Waals surface area contributed by atoms with Crippen molar-refractivity contribution in [2.45, 2.75) is 39.3 Å². The van der Waals surface area contributed by atoms with Gasteiger partial charge in [0, 0.05) is 43.8 Å². The van der Waals surface area contributed by atoms with E-state index in [2.05, 4.69) is 0 Å². The molecule has 0 spiro atoms. The van der Waals surface area contributed by atoms with Crippen LogP contribution in [-0.4, -0.2) is 64.8 Å². The highest BCUT2D eigenvalue weighted by Crippen LogP contribution is 2.19. The van der Waals surface area contributed by atoms with Crippen LogP contribution in [-0.2, 0) is 11.3 Å². The zero-order chi connectivity index (χ0) is 23.3. The Bertz CT molecular complexity index is 958. The molecule has 1 saturated heterocycles. The summed E-state index contributed by atoms with van der Waals surface area (Å²) in [5.41, 5.74) is 0.661. The molecule has 0 atom stereocenters. The van der Waals surface area contributed by atoms with E-state index in [1.54, 1.807) is 21.9 Å². The number of hydrogen-bond donors (Lipinski definition) is 0. The number of nitrogens with zero attached hydrogens (tertiary/aromatic N) is 3. The third-order valence-corrected chi connectivity index (χ3v) is 5.65. The van der Waals surface area contributed by atoms with Crippen molar-refractivity contribution in [1.82, 2.24) is 14.7 Å². The maximum Gasteiger partial charge on any atom is 0.254 e. The smallest absolute Gasteiger partial charge is 0.254 e. The average molecular weight is 444 g/mol. The Labute approximate surface area is 188 Å². The van der Waals surface area contributed by atoms with Crippen molar-refractivity contribution in [3.63, 3.8) is 0 Å². The molecule has 172 valence electrons. The molecule has 0 radical (unpaired) electrons. The largest absolute Gasteiger partial charge is 0.337 e. The summed E-state index contributed by atoms with van der Waals surface area (Å²) >= 11 is 0. The van der Waals surface area contributed by atoms with Crippen LogP contribution in [0.4, 0.5) is 8.78 Å². The van der Waals surface area contributed by atoms with Crippen LogP contribution in [0.1, 0.15) is 43.1 Å². The highest BCUT2D eigenvalue weighted by Gasteiger charge is 2.29. The molecule has 0 N–H and O–H groups in total. The molecule has 0 unspecified atom stereocenters. The molecule has 0 aliphatic carbocycles. The minimum Gasteiger partial charge on any atom is -0.337 e. The van der Waals surface area contributed by atoms with Crippen LogP contribution in [0.25, 0.3) is 0 Å². The molecule has 1 fully saturated rings. The molecule has 2 aromatic carbocycles. The number of hydrogen-bond acceptors (Lipinski definition) is 3. The van der Waals surface area contributed by atoms with Crippen molar-refractivity contribution in [3.05, 3.63) is 71.3 Å². The summed E-state index contributed by atoms with van der Waals surface area (Å²) in [7, 11) is 0. The lowest BCUT2D eigenvalue weighted by Gasteiger charge is -2.37. The van der Waals surface area contributed by atoms with Crippen LogP contribution in [0.2, 0.25) is 0 Å². The van der Waals surface area contributed by atoms with E-state index in [0.29, 0.717) is 38.3 Å². The van der Waals surface area contributed by atoms with Crippen LogP contribution in [0.15, 0.2) is 48.5 Å². The van der Waals surface area contributed by atoms with E-state index in [9.17, 15) is 18.4 Å². The molecular formula is C25H31F2N3O2. The van der Waals surface area contributed by atoms with E-state index in [-0.39, 0.29) is 24.2 Å². The summed E-state index contributed by atoms with van der Waals surface area (Å²) in [5, 5.41) is 0. The first kappa shape index (κ1) is 23.9. The Balaban J connectivity index is 1.63. The van der Waals surface area contributed by atoms with Gasteiger partial charge >= 0.3 is 0 Å². The van der Waals surface area contributed by atoms with E-state index >= 15 is 0 Å². The van der Waals surface area contributed by atoms with Crippen molar-refractivity contribution >= 4 is 11.8 Å². The predicted octanol–water partition coefficient (Wildman–Crippen LogP) is 3.94. The van der Waals surface area contributed by atoms with Gasteiger partial charge in [-0.2, -0.15) is 0 Å². The molecule has 1 aliphatic rings. The summed E-state index contributed by atoms with van der Waals surface area (Å²) < 4.78 is 27.1. The van der Waals surface area contributed by atoms with Gasteiger partial charge in [0.1, 0.15) is 11.6 Å². The summed E-state index contributed by atoms with van der Waals surface area (Å²) in [4.78, 5) is 31.5. The van der Waals surface area contributed by atoms with E-state index < -0.39 is 11.4 Å². The maximum atomic E-state index is 13.6. The summed E-state index contributed by atoms with van der Waals surface area (Å²) in [6.45, 7) is 8.74. The standard InChI is InChI=1S/C25H31F2N3O2/c1-25(2,3)30(17-19-7-4-9-21(26)15-19)23(31)18-28-11-6-12-29(14-13-28)24(32)20-8-5-10-22(27)16-20/h4-5,7-10,15-16H,6,11-14,17-18H2,1-3H3. The van der Waals surface area contributed by atoms with Crippen LogP contribution in [0, 0.1) is 11.6 Å². The van der Waals surface area contributed by atoms with Gasteiger partial charge in [0.2, 0.25) is 5.91 Å². The molecule has 0 bridgehead atoms. The second-order valence-electron chi connectivity index (χ2n) is 9.21. The zero-order valence-electron chi connectivity index (χ0n) is 19.0. The van der Waals surface area contributed by atoms with Gasteiger partial charge in [0.25, 0.3) is 5.91 Å². The number of carbonyl (C=O) groups excluding carboxylic acids is 2. The van der Waals surface area contributed by atoms with Gasteiger partial charge in [-0.3, -0.25) is 14.5 Å². The van der Waals surface area contributed by atoms with E-state index in [1.165, 1.54) is 30.3 Å². The monoisotopic (exact) mass is 443 g/mol. The molecule has 1 aliphatic heterocycles. The lowest BCUT2D eigenvalue weighted by Crippen LogP contribution is -2.49. The Morgan fingerprint density at radius 3 is 2.28 bits per heavy atom. The maximum absolute atomic E-state index is 13.6. The van der Waals surface area contributed by atoms with Crippen LogP contribution in [0.3, 0.4) is 0 Å². The van der Waals surface area contributed by atoms with Crippen LogP contribution < -0.4 is 0 Å². The Hall–Kier alpha value is -2.80. The second-order valence-corrected chi connectivity index (χ2v) is 9.21. The molecule has 3 rings (SSSR count). The van der Waals surface area contributed by atoms with Gasteiger partial charge in [-0.25, -0.2) is 8.78 Å². The van der Waals surface area contributed by atoms with Crippen molar-refractivity contribution in [3.8, 4) is 0 Å². The first-order valence-electron chi connectivity index (χ1n) is 11.0. The zero-order valence-corrected chi connectivity index (χ0v) is 19.0. The van der Waals surface area contributed by atoms with E-state index in [4.69, 9.17) is 0 Å². The van der Waals surface area contributed by atoms with Gasteiger partial charge in [0.15, 0.2) is 0 Å². The molecule has 0 aromatic heterocycles. The summed E-state index contributed by atoms with van der Waals surface area (Å²) in [6.07, 6.45) is 0.730. The fourth-order valence-corrected chi connectivity index (χ4v) is 3.93. The van der Waals surface area contributed by atoms with Crippen LogP contribution in [0.5, 0.6) is 0 Å². The molecule has 0 saturated carbocycles. The van der Waals surface area contributed by atoms with Gasteiger partial charge in [0.05, 0.1) is 6.54 Å². The van der Waals surface area contributed by atoms with Crippen LogP contribution >= 0.6 is 0 Å². The lowest BCUT2D eigenvalue weighted by molar-refractivity contribution is -0.138. The number of carbonyl (C=O) groups is 2. The lowest BCUT2D eigenvalue weighted by atomic mass is 10.0. The third kappa shape index (κ3) is 6.36. The molecule has 7 heteroatoms. The highest BCUT2D eigenvalue weighted by molar-refractivity contribution is 5.94. The van der Waals surface area contributed by atoms with Crippen molar-refractivity contribution in [2.75, 3.05) is 32.7 Å². The van der Waals surface area contributed by atoms with Crippen molar-refractivity contribution in [2.24, 2.45) is 0 Å². The SMILES string of the molecule is CC(C)(C)N(Cc1cccc(F)c1)C(=O)CN1CCCN(C(=O)c2cccc(F)c2)CC1. The summed E-state index contributed by atoms with van der Waals surface area (Å²) in [6, 6.07) is 12.0. The Morgan fingerprint density at radius 2 is 1.62 bits per heavy atom. The van der Waals surface area contributed by atoms with Crippen molar-refractivity contribution in [1.29, 1.82) is 0 Å². The minimum atomic E-state index is -0.432.